The lowest BCUT2D eigenvalue weighted by molar-refractivity contribution is -0.144. The van der Waals surface area contributed by atoms with Gasteiger partial charge in [-0.2, -0.15) is 0 Å². The number of fused-ring (bicyclic) bond motifs is 1. The van der Waals surface area contributed by atoms with Crippen LogP contribution in [0.4, 0.5) is 5.69 Å². The van der Waals surface area contributed by atoms with E-state index in [1.165, 1.54) is 0 Å². The summed E-state index contributed by atoms with van der Waals surface area (Å²) in [6.07, 6.45) is 3.37. The maximum Gasteiger partial charge on any atom is 0.306 e. The standard InChI is InChI=1S/C14H15N3O3/c1-2-20-14(19)6-5-13(18)17-10-3-4-11-12(9-10)16-8-7-15-11/h3-4,7-9H,2,5-6H2,1H3,(H,17,18). The van der Waals surface area contributed by atoms with Gasteiger partial charge in [0.1, 0.15) is 0 Å². The summed E-state index contributed by atoms with van der Waals surface area (Å²) in [5, 5.41) is 2.72. The first-order valence-corrected chi connectivity index (χ1v) is 6.35. The second-order valence-corrected chi connectivity index (χ2v) is 4.11. The molecule has 1 N–H and O–H groups in total. The molecule has 0 saturated carbocycles. The number of hydrogen-bond acceptors (Lipinski definition) is 5. The van der Waals surface area contributed by atoms with Crippen molar-refractivity contribution in [1.82, 2.24) is 9.97 Å². The van der Waals surface area contributed by atoms with E-state index in [1.807, 2.05) is 0 Å². The molecular weight excluding hydrogens is 258 g/mol. The second kappa shape index (κ2) is 6.60. The van der Waals surface area contributed by atoms with Crippen molar-refractivity contribution in [2.24, 2.45) is 0 Å². The van der Waals surface area contributed by atoms with Gasteiger partial charge in [0.25, 0.3) is 0 Å². The Bertz CT molecular complexity index is 628. The van der Waals surface area contributed by atoms with Crippen molar-refractivity contribution in [2.75, 3.05) is 11.9 Å². The number of esters is 1. The van der Waals surface area contributed by atoms with E-state index in [-0.39, 0.29) is 24.7 Å². The molecule has 2 rings (SSSR count). The van der Waals surface area contributed by atoms with Gasteiger partial charge in [-0.1, -0.05) is 0 Å². The number of nitrogens with zero attached hydrogens (tertiary/aromatic N) is 2. The molecule has 0 aliphatic heterocycles. The Morgan fingerprint density at radius 2 is 1.90 bits per heavy atom. The number of anilines is 1. The molecule has 0 saturated heterocycles. The van der Waals surface area contributed by atoms with Crippen LogP contribution in [0.5, 0.6) is 0 Å². The summed E-state index contributed by atoms with van der Waals surface area (Å²) in [7, 11) is 0. The van der Waals surface area contributed by atoms with Gasteiger partial charge in [0, 0.05) is 24.5 Å². The molecule has 20 heavy (non-hydrogen) atoms. The highest BCUT2D eigenvalue weighted by Gasteiger charge is 2.08. The molecule has 0 radical (unpaired) electrons. The number of amides is 1. The number of rotatable bonds is 5. The molecule has 0 aliphatic rings. The van der Waals surface area contributed by atoms with Crippen LogP contribution in [0.25, 0.3) is 11.0 Å². The van der Waals surface area contributed by atoms with Crippen molar-refractivity contribution in [2.45, 2.75) is 19.8 Å². The third kappa shape index (κ3) is 3.74. The number of ether oxygens (including phenoxy) is 1. The Hall–Kier alpha value is -2.50. The first kappa shape index (κ1) is 13.9. The van der Waals surface area contributed by atoms with E-state index in [4.69, 9.17) is 4.74 Å². The molecule has 2 aromatic rings. The van der Waals surface area contributed by atoms with E-state index in [2.05, 4.69) is 15.3 Å². The van der Waals surface area contributed by atoms with E-state index >= 15 is 0 Å². The minimum absolute atomic E-state index is 0.0764. The maximum atomic E-state index is 11.7. The topological polar surface area (TPSA) is 81.2 Å². The molecule has 1 amide bonds. The number of nitrogens with one attached hydrogen (secondary N) is 1. The van der Waals surface area contributed by atoms with E-state index in [0.29, 0.717) is 17.8 Å². The summed E-state index contributed by atoms with van der Waals surface area (Å²) in [6, 6.07) is 5.27. The molecule has 1 aromatic carbocycles. The van der Waals surface area contributed by atoms with Crippen LogP contribution in [-0.4, -0.2) is 28.5 Å². The number of benzene rings is 1. The lowest BCUT2D eigenvalue weighted by Crippen LogP contribution is -2.14. The zero-order valence-corrected chi connectivity index (χ0v) is 11.1. The number of carbonyl (C=O) groups excluding carboxylic acids is 2. The Morgan fingerprint density at radius 3 is 2.65 bits per heavy atom. The summed E-state index contributed by atoms with van der Waals surface area (Å²) < 4.78 is 4.76. The zero-order valence-electron chi connectivity index (χ0n) is 11.1. The van der Waals surface area contributed by atoms with Crippen molar-refractivity contribution in [1.29, 1.82) is 0 Å². The van der Waals surface area contributed by atoms with Crippen LogP contribution < -0.4 is 5.32 Å². The van der Waals surface area contributed by atoms with Gasteiger partial charge in [-0.15, -0.1) is 0 Å². The highest BCUT2D eigenvalue weighted by molar-refractivity contribution is 5.94. The van der Waals surface area contributed by atoms with Gasteiger partial charge in [0.05, 0.1) is 24.1 Å². The number of carbonyl (C=O) groups is 2. The fraction of sp³-hybridized carbons (Fsp3) is 0.286. The Morgan fingerprint density at radius 1 is 1.15 bits per heavy atom. The molecule has 0 unspecified atom stereocenters. The van der Waals surface area contributed by atoms with Gasteiger partial charge in [-0.05, 0) is 25.1 Å². The predicted octanol–water partition coefficient (Wildman–Crippen LogP) is 1.91. The summed E-state index contributed by atoms with van der Waals surface area (Å²) in [5.41, 5.74) is 2.10. The lowest BCUT2D eigenvalue weighted by atomic mass is 10.2. The molecule has 0 spiro atoms. The summed E-state index contributed by atoms with van der Waals surface area (Å²) in [5.74, 6) is -0.603. The van der Waals surface area contributed by atoms with Crippen LogP contribution in [0, 0.1) is 0 Å². The third-order valence-corrected chi connectivity index (χ3v) is 2.61. The van der Waals surface area contributed by atoms with Gasteiger partial charge in [-0.25, -0.2) is 0 Å². The average molecular weight is 273 g/mol. The van der Waals surface area contributed by atoms with Crippen molar-refractivity contribution in [3.8, 4) is 0 Å². The molecular formula is C14H15N3O3. The smallest absolute Gasteiger partial charge is 0.306 e. The van der Waals surface area contributed by atoms with Crippen LogP contribution >= 0.6 is 0 Å². The normalized spacial score (nSPS) is 10.2. The van der Waals surface area contributed by atoms with Crippen LogP contribution in [0.2, 0.25) is 0 Å². The van der Waals surface area contributed by atoms with Gasteiger partial charge >= 0.3 is 5.97 Å². The summed E-state index contributed by atoms with van der Waals surface area (Å²) in [4.78, 5) is 31.2. The van der Waals surface area contributed by atoms with Crippen LogP contribution in [-0.2, 0) is 14.3 Å². The quantitative estimate of drug-likeness (QED) is 0.841. The van der Waals surface area contributed by atoms with Gasteiger partial charge < -0.3 is 10.1 Å². The third-order valence-electron chi connectivity index (χ3n) is 2.61. The molecule has 0 aliphatic carbocycles. The van der Waals surface area contributed by atoms with Gasteiger partial charge in [-0.3, -0.25) is 19.6 Å². The molecule has 6 heteroatoms. The van der Waals surface area contributed by atoms with Crippen LogP contribution in [0.1, 0.15) is 19.8 Å². The van der Waals surface area contributed by atoms with E-state index < -0.39 is 0 Å². The highest BCUT2D eigenvalue weighted by atomic mass is 16.5. The van der Waals surface area contributed by atoms with Crippen LogP contribution in [0.3, 0.4) is 0 Å². The molecule has 0 bridgehead atoms. The molecule has 0 atom stereocenters. The second-order valence-electron chi connectivity index (χ2n) is 4.11. The molecule has 1 heterocycles. The van der Waals surface area contributed by atoms with Crippen molar-refractivity contribution in [3.63, 3.8) is 0 Å². The SMILES string of the molecule is CCOC(=O)CCC(=O)Nc1ccc2nccnc2c1. The van der Waals surface area contributed by atoms with Crippen molar-refractivity contribution < 1.29 is 14.3 Å². The minimum atomic E-state index is -0.368. The largest absolute Gasteiger partial charge is 0.466 e. The first-order chi connectivity index (χ1) is 9.69. The zero-order chi connectivity index (χ0) is 14.4. The van der Waals surface area contributed by atoms with E-state index in [1.54, 1.807) is 37.5 Å². The van der Waals surface area contributed by atoms with Crippen LogP contribution in [0.15, 0.2) is 30.6 Å². The molecule has 6 nitrogen and oxygen atoms in total. The van der Waals surface area contributed by atoms with E-state index in [9.17, 15) is 9.59 Å². The van der Waals surface area contributed by atoms with Gasteiger partial charge in [0.2, 0.25) is 5.91 Å². The monoisotopic (exact) mass is 273 g/mol. The molecule has 1 aromatic heterocycles. The molecule has 104 valence electrons. The predicted molar refractivity (Wildman–Crippen MR) is 74.0 cm³/mol. The molecule has 0 fully saturated rings. The van der Waals surface area contributed by atoms with E-state index in [0.717, 1.165) is 5.52 Å². The van der Waals surface area contributed by atoms with Crippen molar-refractivity contribution >= 4 is 28.6 Å². The fourth-order valence-corrected chi connectivity index (χ4v) is 1.71. The van der Waals surface area contributed by atoms with Gasteiger partial charge in [0.15, 0.2) is 0 Å². The Balaban J connectivity index is 1.94. The Kier molecular flexibility index (Phi) is 4.60. The maximum absolute atomic E-state index is 11.7. The highest BCUT2D eigenvalue weighted by Crippen LogP contribution is 2.15. The number of aromatic nitrogens is 2. The summed E-state index contributed by atoms with van der Waals surface area (Å²) in [6.45, 7) is 2.05. The average Bonchev–Trinajstić information content (AvgIpc) is 2.45. The van der Waals surface area contributed by atoms with Crippen molar-refractivity contribution in [3.05, 3.63) is 30.6 Å². The fourth-order valence-electron chi connectivity index (χ4n) is 1.71. The minimum Gasteiger partial charge on any atom is -0.466 e. The first-order valence-electron chi connectivity index (χ1n) is 6.35. The number of hydrogen-bond donors (Lipinski definition) is 1. The summed E-state index contributed by atoms with van der Waals surface area (Å²) >= 11 is 0. The Labute approximate surface area is 116 Å². The lowest BCUT2D eigenvalue weighted by Gasteiger charge is -2.06.